The first-order valence-corrected chi connectivity index (χ1v) is 9.84. The molecule has 0 bridgehead atoms. The van der Waals surface area contributed by atoms with Crippen LogP contribution in [-0.2, 0) is 21.2 Å². The molecule has 1 aliphatic heterocycles. The maximum absolute atomic E-state index is 12.0. The predicted octanol–water partition coefficient (Wildman–Crippen LogP) is 2.51. The van der Waals surface area contributed by atoms with Gasteiger partial charge >= 0.3 is 0 Å². The van der Waals surface area contributed by atoms with Crippen molar-refractivity contribution in [2.45, 2.75) is 38.7 Å². The number of aryl methyl sites for hydroxylation is 1. The van der Waals surface area contributed by atoms with Crippen LogP contribution in [0.5, 0.6) is 0 Å². The zero-order valence-electron chi connectivity index (χ0n) is 13.5. The van der Waals surface area contributed by atoms with E-state index in [1.165, 1.54) is 5.56 Å². The number of ether oxygens (including phenoxy) is 1. The summed E-state index contributed by atoms with van der Waals surface area (Å²) in [6.07, 6.45) is 5.36. The summed E-state index contributed by atoms with van der Waals surface area (Å²) in [4.78, 5) is 3.25. The highest BCUT2D eigenvalue weighted by atomic mass is 32.2. The molecule has 6 heteroatoms. The van der Waals surface area contributed by atoms with Crippen LogP contribution in [0.4, 0.5) is 0 Å². The molecule has 0 radical (unpaired) electrons. The van der Waals surface area contributed by atoms with Gasteiger partial charge in [-0.15, -0.1) is 0 Å². The summed E-state index contributed by atoms with van der Waals surface area (Å²) < 4.78 is 32.3. The normalized spacial score (nSPS) is 18.7. The van der Waals surface area contributed by atoms with Crippen molar-refractivity contribution in [1.82, 2.24) is 9.71 Å². The van der Waals surface area contributed by atoms with Gasteiger partial charge in [0.05, 0.1) is 11.9 Å². The summed E-state index contributed by atoms with van der Waals surface area (Å²) in [6, 6.07) is 6.26. The molecule has 1 saturated heterocycles. The van der Waals surface area contributed by atoms with Crippen LogP contribution < -0.4 is 4.72 Å². The van der Waals surface area contributed by atoms with Gasteiger partial charge in [0, 0.05) is 30.3 Å². The highest BCUT2D eigenvalue weighted by Crippen LogP contribution is 2.20. The quantitative estimate of drug-likeness (QED) is 0.816. The lowest BCUT2D eigenvalue weighted by Gasteiger charge is -2.10. The minimum Gasteiger partial charge on any atom is -0.378 e. The Morgan fingerprint density at radius 2 is 2.26 bits per heavy atom. The lowest BCUT2D eigenvalue weighted by Crippen LogP contribution is -2.29. The molecule has 3 rings (SSSR count). The smallest absolute Gasteiger partial charge is 0.211 e. The number of hydrogen-bond acceptors (Lipinski definition) is 3. The van der Waals surface area contributed by atoms with Crippen LogP contribution in [0.3, 0.4) is 0 Å². The van der Waals surface area contributed by atoms with Crippen LogP contribution in [-0.4, -0.2) is 38.4 Å². The summed E-state index contributed by atoms with van der Waals surface area (Å²) >= 11 is 0. The molecule has 0 amide bonds. The number of aromatic nitrogens is 1. The van der Waals surface area contributed by atoms with Crippen molar-refractivity contribution < 1.29 is 13.2 Å². The summed E-state index contributed by atoms with van der Waals surface area (Å²) in [5.74, 6) is 0.144. The summed E-state index contributed by atoms with van der Waals surface area (Å²) in [6.45, 7) is 3.25. The van der Waals surface area contributed by atoms with E-state index in [1.54, 1.807) is 0 Å². The fraction of sp³-hybridized carbons (Fsp3) is 0.529. The summed E-state index contributed by atoms with van der Waals surface area (Å²) in [5, 5.41) is 1.16. The minimum atomic E-state index is -3.22. The molecule has 0 aliphatic carbocycles. The average Bonchev–Trinajstić information content (AvgIpc) is 3.15. The summed E-state index contributed by atoms with van der Waals surface area (Å²) in [7, 11) is -3.22. The van der Waals surface area contributed by atoms with Crippen molar-refractivity contribution in [3.05, 3.63) is 35.5 Å². The second kappa shape index (κ2) is 7.03. The Kier molecular flexibility index (Phi) is 5.04. The third kappa shape index (κ3) is 4.34. The highest BCUT2D eigenvalue weighted by Gasteiger charge is 2.19. The van der Waals surface area contributed by atoms with Crippen molar-refractivity contribution in [2.75, 3.05) is 18.9 Å². The zero-order valence-corrected chi connectivity index (χ0v) is 14.3. The highest BCUT2D eigenvalue weighted by molar-refractivity contribution is 7.89. The number of H-pyrrole nitrogens is 1. The van der Waals surface area contributed by atoms with Gasteiger partial charge in [0.25, 0.3) is 0 Å². The second-order valence-electron chi connectivity index (χ2n) is 6.25. The van der Waals surface area contributed by atoms with E-state index in [1.807, 2.05) is 6.20 Å². The van der Waals surface area contributed by atoms with Gasteiger partial charge in [-0.3, -0.25) is 0 Å². The molecule has 0 unspecified atom stereocenters. The van der Waals surface area contributed by atoms with Crippen LogP contribution >= 0.6 is 0 Å². The van der Waals surface area contributed by atoms with Crippen LogP contribution in [0.2, 0.25) is 0 Å². The Hall–Kier alpha value is -1.37. The number of hydrogen-bond donors (Lipinski definition) is 2. The van der Waals surface area contributed by atoms with Gasteiger partial charge in [0.15, 0.2) is 0 Å². The molecule has 1 aromatic heterocycles. The van der Waals surface area contributed by atoms with E-state index in [0.717, 1.165) is 35.9 Å². The number of aromatic amines is 1. The van der Waals surface area contributed by atoms with Gasteiger partial charge in [-0.25, -0.2) is 13.1 Å². The molecular formula is C17H24N2O3S. The molecular weight excluding hydrogens is 312 g/mol. The van der Waals surface area contributed by atoms with Gasteiger partial charge in [0.2, 0.25) is 10.0 Å². The van der Waals surface area contributed by atoms with E-state index in [-0.39, 0.29) is 11.9 Å². The number of sulfonamides is 1. The SMILES string of the molecule is Cc1ccc2c(CCNS(=O)(=O)CC[C@@H]3CCCO3)c[nH]c2c1. The van der Waals surface area contributed by atoms with Crippen LogP contribution in [0, 0.1) is 6.92 Å². The van der Waals surface area contributed by atoms with E-state index >= 15 is 0 Å². The van der Waals surface area contributed by atoms with E-state index in [9.17, 15) is 8.42 Å². The van der Waals surface area contributed by atoms with Gasteiger partial charge in [-0.1, -0.05) is 12.1 Å². The first-order valence-electron chi connectivity index (χ1n) is 8.19. The topological polar surface area (TPSA) is 71.2 Å². The third-order valence-electron chi connectivity index (χ3n) is 4.37. The Balaban J connectivity index is 1.51. The Bertz CT molecular complexity index is 761. The average molecular weight is 336 g/mol. The third-order valence-corrected chi connectivity index (χ3v) is 5.79. The van der Waals surface area contributed by atoms with E-state index in [2.05, 4.69) is 34.8 Å². The van der Waals surface area contributed by atoms with E-state index < -0.39 is 10.0 Å². The zero-order chi connectivity index (χ0) is 16.3. The van der Waals surface area contributed by atoms with Crippen molar-refractivity contribution in [2.24, 2.45) is 0 Å². The van der Waals surface area contributed by atoms with Crippen molar-refractivity contribution in [3.63, 3.8) is 0 Å². The minimum absolute atomic E-state index is 0.114. The molecule has 1 fully saturated rings. The largest absolute Gasteiger partial charge is 0.378 e. The fourth-order valence-electron chi connectivity index (χ4n) is 3.08. The van der Waals surface area contributed by atoms with Gasteiger partial charge in [-0.05, 0) is 49.8 Å². The molecule has 5 nitrogen and oxygen atoms in total. The Morgan fingerprint density at radius 3 is 3.04 bits per heavy atom. The maximum atomic E-state index is 12.0. The standard InChI is InChI=1S/C17H24N2O3S/c1-13-4-5-16-14(12-18-17(16)11-13)6-8-19-23(20,21)10-7-15-3-2-9-22-15/h4-5,11-12,15,18-19H,2-3,6-10H2,1H3/t15-/m0/s1. The van der Waals surface area contributed by atoms with Crippen molar-refractivity contribution in [1.29, 1.82) is 0 Å². The van der Waals surface area contributed by atoms with E-state index in [0.29, 0.717) is 19.4 Å². The fourth-order valence-corrected chi connectivity index (χ4v) is 4.21. The predicted molar refractivity (Wildman–Crippen MR) is 92.1 cm³/mol. The second-order valence-corrected chi connectivity index (χ2v) is 8.18. The van der Waals surface area contributed by atoms with Crippen LogP contribution in [0.1, 0.15) is 30.4 Å². The van der Waals surface area contributed by atoms with E-state index in [4.69, 9.17) is 4.74 Å². The Morgan fingerprint density at radius 1 is 1.39 bits per heavy atom. The van der Waals surface area contributed by atoms with Crippen molar-refractivity contribution in [3.8, 4) is 0 Å². The van der Waals surface area contributed by atoms with Gasteiger partial charge in [-0.2, -0.15) is 0 Å². The summed E-state index contributed by atoms with van der Waals surface area (Å²) in [5.41, 5.74) is 3.45. The number of rotatable bonds is 7. The number of benzene rings is 1. The molecule has 2 N–H and O–H groups in total. The molecule has 1 aromatic carbocycles. The lowest BCUT2D eigenvalue weighted by atomic mass is 10.1. The molecule has 126 valence electrons. The monoisotopic (exact) mass is 336 g/mol. The molecule has 1 atom stereocenters. The first kappa shape index (κ1) is 16.5. The maximum Gasteiger partial charge on any atom is 0.211 e. The lowest BCUT2D eigenvalue weighted by molar-refractivity contribution is 0.109. The molecule has 1 aliphatic rings. The van der Waals surface area contributed by atoms with Crippen LogP contribution in [0.25, 0.3) is 10.9 Å². The molecule has 0 saturated carbocycles. The first-order chi connectivity index (χ1) is 11.0. The molecule has 23 heavy (non-hydrogen) atoms. The van der Waals surface area contributed by atoms with Gasteiger partial charge < -0.3 is 9.72 Å². The molecule has 2 heterocycles. The Labute approximate surface area is 137 Å². The molecule has 0 spiro atoms. The number of nitrogens with one attached hydrogen (secondary N) is 2. The van der Waals surface area contributed by atoms with Crippen LogP contribution in [0.15, 0.2) is 24.4 Å². The van der Waals surface area contributed by atoms with Crippen molar-refractivity contribution >= 4 is 20.9 Å². The van der Waals surface area contributed by atoms with Gasteiger partial charge in [0.1, 0.15) is 0 Å². The number of fused-ring (bicyclic) bond motifs is 1. The molecule has 2 aromatic rings.